The Kier molecular flexibility index (Phi) is 9.64. The van der Waals surface area contributed by atoms with Crippen molar-refractivity contribution in [1.29, 1.82) is 0 Å². The summed E-state index contributed by atoms with van der Waals surface area (Å²) in [5, 5.41) is 7.91. The third kappa shape index (κ3) is 8.09. The summed E-state index contributed by atoms with van der Waals surface area (Å²) >= 11 is 0. The van der Waals surface area contributed by atoms with Crippen LogP contribution in [0, 0.1) is 17.8 Å². The number of ether oxygens (including phenoxy) is 2. The predicted molar refractivity (Wildman–Crippen MR) is 119 cm³/mol. The Morgan fingerprint density at radius 2 is 1.85 bits per heavy atom. The van der Waals surface area contributed by atoms with Gasteiger partial charge >= 0.3 is 12.1 Å². The number of alkyl carbamates (subject to hydrolysis) is 1. The van der Waals surface area contributed by atoms with Gasteiger partial charge in [-0.1, -0.05) is 13.8 Å². The summed E-state index contributed by atoms with van der Waals surface area (Å²) in [6.07, 6.45) is 0.116. The van der Waals surface area contributed by atoms with Gasteiger partial charge in [-0.3, -0.25) is 9.59 Å². The quantitative estimate of drug-likeness (QED) is 0.405. The molecule has 3 atom stereocenters. The van der Waals surface area contributed by atoms with E-state index in [4.69, 9.17) is 9.47 Å². The Hall–Kier alpha value is -2.46. The second kappa shape index (κ2) is 11.8. The zero-order chi connectivity index (χ0) is 25.5. The zero-order valence-electron chi connectivity index (χ0n) is 20.4. The fraction of sp³-hybridized carbons (Fsp3) is 0.826. The van der Waals surface area contributed by atoms with Crippen molar-refractivity contribution in [1.82, 2.24) is 16.0 Å². The molecule has 0 spiro atoms. The largest absolute Gasteiger partial charge is 0.467 e. The van der Waals surface area contributed by atoms with Crippen LogP contribution in [0.2, 0.25) is 0 Å². The van der Waals surface area contributed by atoms with Crippen molar-refractivity contribution < 1.29 is 37.4 Å². The summed E-state index contributed by atoms with van der Waals surface area (Å²) in [7, 11) is 1.20. The summed E-state index contributed by atoms with van der Waals surface area (Å²) in [6.45, 7) is 5.73. The molecule has 34 heavy (non-hydrogen) atoms. The number of amides is 3. The summed E-state index contributed by atoms with van der Waals surface area (Å²) in [6, 6.07) is -0.996. The monoisotopic (exact) mass is 489 g/mol. The molecule has 1 aliphatic carbocycles. The topological polar surface area (TPSA) is 123 Å². The average molecular weight is 490 g/mol. The molecule has 9 nitrogen and oxygen atoms in total. The number of halogens is 2. The lowest BCUT2D eigenvalue weighted by Crippen LogP contribution is -2.59. The molecule has 2 rings (SSSR count). The highest BCUT2D eigenvalue weighted by Crippen LogP contribution is 2.36. The summed E-state index contributed by atoms with van der Waals surface area (Å²) < 4.78 is 36.7. The van der Waals surface area contributed by atoms with Gasteiger partial charge in [-0.15, -0.1) is 0 Å². The molecule has 3 N–H and O–H groups in total. The van der Waals surface area contributed by atoms with Crippen LogP contribution in [0.3, 0.4) is 0 Å². The molecule has 0 aromatic carbocycles. The van der Waals surface area contributed by atoms with Gasteiger partial charge in [0.05, 0.1) is 13.7 Å². The lowest BCUT2D eigenvalue weighted by atomic mass is 9.87. The number of nitrogens with one attached hydrogen (secondary N) is 3. The average Bonchev–Trinajstić information content (AvgIpc) is 3.15. The van der Waals surface area contributed by atoms with Gasteiger partial charge in [-0.05, 0) is 50.9 Å². The molecule has 1 heterocycles. The molecule has 11 heteroatoms. The van der Waals surface area contributed by atoms with Crippen LogP contribution in [0.4, 0.5) is 13.6 Å². The van der Waals surface area contributed by atoms with Gasteiger partial charge in [0.1, 0.15) is 11.6 Å². The first-order valence-corrected chi connectivity index (χ1v) is 11.8. The van der Waals surface area contributed by atoms with Crippen molar-refractivity contribution in [2.75, 3.05) is 20.3 Å². The van der Waals surface area contributed by atoms with Crippen LogP contribution in [0.5, 0.6) is 0 Å². The summed E-state index contributed by atoms with van der Waals surface area (Å²) in [5.74, 6) is -4.72. The molecule has 0 aromatic heterocycles. The highest BCUT2D eigenvalue weighted by atomic mass is 19.3. The Labute approximate surface area is 199 Å². The highest BCUT2D eigenvalue weighted by Gasteiger charge is 2.43. The number of carbonyl (C=O) groups is 4. The number of esters is 1. The third-order valence-electron chi connectivity index (χ3n) is 6.45. The maximum Gasteiger partial charge on any atom is 0.407 e. The van der Waals surface area contributed by atoms with E-state index >= 15 is 0 Å². The van der Waals surface area contributed by atoms with Crippen molar-refractivity contribution in [3.05, 3.63) is 0 Å². The minimum Gasteiger partial charge on any atom is -0.467 e. The molecule has 3 unspecified atom stereocenters. The second-order valence-electron chi connectivity index (χ2n) is 10.0. The Balaban J connectivity index is 1.99. The normalized spacial score (nSPS) is 22.9. The zero-order valence-corrected chi connectivity index (χ0v) is 20.4. The van der Waals surface area contributed by atoms with Crippen LogP contribution in [-0.2, 0) is 23.9 Å². The van der Waals surface area contributed by atoms with Crippen molar-refractivity contribution in [3.63, 3.8) is 0 Å². The van der Waals surface area contributed by atoms with Gasteiger partial charge in [0, 0.05) is 25.3 Å². The molecule has 1 saturated heterocycles. The van der Waals surface area contributed by atoms with Crippen LogP contribution < -0.4 is 16.0 Å². The molecule has 0 bridgehead atoms. The Bertz CT molecular complexity index is 753. The lowest BCUT2D eigenvalue weighted by molar-refractivity contribution is -0.151. The van der Waals surface area contributed by atoms with Gasteiger partial charge in [0.25, 0.3) is 0 Å². The Morgan fingerprint density at radius 1 is 1.21 bits per heavy atom. The molecule has 0 aromatic rings. The SMILES string of the molecule is COC(=O)C(C)(CC1CCNC1=O)NC(=O)C(CC(C)C)NC(=O)OCC1CCC(F)(F)CC1. The molecule has 3 amide bonds. The van der Waals surface area contributed by atoms with E-state index in [0.29, 0.717) is 13.0 Å². The molecule has 1 aliphatic heterocycles. The number of hydrogen-bond donors (Lipinski definition) is 3. The van der Waals surface area contributed by atoms with Gasteiger partial charge < -0.3 is 25.4 Å². The number of hydrogen-bond acceptors (Lipinski definition) is 6. The minimum atomic E-state index is -2.66. The van der Waals surface area contributed by atoms with E-state index in [1.54, 1.807) is 0 Å². The first-order chi connectivity index (χ1) is 15.8. The van der Waals surface area contributed by atoms with Gasteiger partial charge in [-0.2, -0.15) is 0 Å². The van der Waals surface area contributed by atoms with Crippen LogP contribution >= 0.6 is 0 Å². The second-order valence-corrected chi connectivity index (χ2v) is 10.0. The molecule has 0 radical (unpaired) electrons. The van der Waals surface area contributed by atoms with Crippen molar-refractivity contribution >= 4 is 23.9 Å². The predicted octanol–water partition coefficient (Wildman–Crippen LogP) is 2.53. The summed E-state index contributed by atoms with van der Waals surface area (Å²) in [4.78, 5) is 50.0. The van der Waals surface area contributed by atoms with E-state index < -0.39 is 41.4 Å². The lowest BCUT2D eigenvalue weighted by Gasteiger charge is -2.32. The number of methoxy groups -OCH3 is 1. The standard InChI is InChI=1S/C23H37F2N3O6/c1-14(2)11-17(27-21(32)34-13-15-5-8-23(24,25)9-6-15)19(30)28-22(3,20(31)33-4)12-16-7-10-26-18(16)29/h14-17H,5-13H2,1-4H3,(H,26,29)(H,27,32)(H,28,30). The van der Waals surface area contributed by atoms with E-state index in [0.717, 1.165) is 0 Å². The van der Waals surface area contributed by atoms with Crippen LogP contribution in [0.25, 0.3) is 0 Å². The first-order valence-electron chi connectivity index (χ1n) is 11.8. The summed E-state index contributed by atoms with van der Waals surface area (Å²) in [5.41, 5.74) is -1.47. The Morgan fingerprint density at radius 3 is 2.38 bits per heavy atom. The molecular formula is C23H37F2N3O6. The number of carbonyl (C=O) groups excluding carboxylic acids is 4. The smallest absolute Gasteiger partial charge is 0.407 e. The van der Waals surface area contributed by atoms with E-state index in [2.05, 4.69) is 16.0 Å². The molecule has 2 aliphatic rings. The molecule has 194 valence electrons. The maximum atomic E-state index is 13.3. The van der Waals surface area contributed by atoms with E-state index in [9.17, 15) is 28.0 Å². The van der Waals surface area contributed by atoms with Gasteiger partial charge in [0.2, 0.25) is 17.7 Å². The molecular weight excluding hydrogens is 452 g/mol. The first kappa shape index (κ1) is 27.8. The van der Waals surface area contributed by atoms with E-state index in [-0.39, 0.29) is 62.9 Å². The highest BCUT2D eigenvalue weighted by molar-refractivity contribution is 5.92. The maximum absolute atomic E-state index is 13.3. The van der Waals surface area contributed by atoms with Crippen LogP contribution in [0.1, 0.15) is 65.7 Å². The fourth-order valence-corrected chi connectivity index (χ4v) is 4.45. The van der Waals surface area contributed by atoms with E-state index in [1.807, 2.05) is 13.8 Å². The van der Waals surface area contributed by atoms with Crippen molar-refractivity contribution in [2.45, 2.75) is 83.2 Å². The van der Waals surface area contributed by atoms with Crippen molar-refractivity contribution in [3.8, 4) is 0 Å². The number of rotatable bonds is 10. The molecule has 2 fully saturated rings. The van der Waals surface area contributed by atoms with Gasteiger partial charge in [-0.25, -0.2) is 18.4 Å². The van der Waals surface area contributed by atoms with Crippen LogP contribution in [-0.4, -0.2) is 61.6 Å². The minimum absolute atomic E-state index is 0.00536. The van der Waals surface area contributed by atoms with E-state index in [1.165, 1.54) is 14.0 Å². The van der Waals surface area contributed by atoms with Crippen LogP contribution in [0.15, 0.2) is 0 Å². The van der Waals surface area contributed by atoms with Gasteiger partial charge in [0.15, 0.2) is 0 Å². The third-order valence-corrected chi connectivity index (χ3v) is 6.45. The fourth-order valence-electron chi connectivity index (χ4n) is 4.45. The number of alkyl halides is 2. The van der Waals surface area contributed by atoms with Crippen molar-refractivity contribution in [2.24, 2.45) is 17.8 Å². The molecule has 1 saturated carbocycles.